The van der Waals surface area contributed by atoms with Crippen LogP contribution >= 0.6 is 11.3 Å². The Kier molecular flexibility index (Phi) is 6.17. The van der Waals surface area contributed by atoms with Gasteiger partial charge in [0, 0.05) is 16.1 Å². The molecular weight excluding hydrogens is 472 g/mol. The lowest BCUT2D eigenvalue weighted by atomic mass is 9.90. The van der Waals surface area contributed by atoms with E-state index in [4.69, 9.17) is 4.74 Å². The number of thiophene rings is 1. The number of rotatable bonds is 5. The van der Waals surface area contributed by atoms with E-state index < -0.39 is 18.0 Å². The van der Waals surface area contributed by atoms with E-state index in [2.05, 4.69) is 27.4 Å². The van der Waals surface area contributed by atoms with E-state index >= 15 is 0 Å². The van der Waals surface area contributed by atoms with E-state index in [0.717, 1.165) is 51.6 Å². The van der Waals surface area contributed by atoms with Gasteiger partial charge in [0.15, 0.2) is 6.10 Å². The monoisotopic (exact) mass is 496 g/mol. The number of nitrogens with zero attached hydrogens (tertiary/aromatic N) is 2. The number of aryl methyl sites for hydroxylation is 3. The Labute approximate surface area is 212 Å². The third-order valence-electron chi connectivity index (χ3n) is 6.44. The van der Waals surface area contributed by atoms with E-state index in [1.807, 2.05) is 32.0 Å². The lowest BCUT2D eigenvalue weighted by Crippen LogP contribution is -2.30. The van der Waals surface area contributed by atoms with Gasteiger partial charge in [-0.2, -0.15) is 5.26 Å². The van der Waals surface area contributed by atoms with Gasteiger partial charge < -0.3 is 15.0 Å². The number of imidazole rings is 1. The highest BCUT2D eigenvalue weighted by atomic mass is 32.1. The number of aromatic amines is 1. The Morgan fingerprint density at radius 1 is 1.14 bits per heavy atom. The molecule has 4 aromatic rings. The number of H-pyrrole nitrogens is 1. The highest BCUT2D eigenvalue weighted by molar-refractivity contribution is 7.20. The maximum absolute atomic E-state index is 12.9. The lowest BCUT2D eigenvalue weighted by Gasteiger charge is -2.15. The molecule has 1 unspecified atom stereocenters. The maximum atomic E-state index is 12.9. The number of carbonyl (C=O) groups excluding carboxylic acids is 2. The molecule has 8 heteroatoms. The predicted molar refractivity (Wildman–Crippen MR) is 139 cm³/mol. The molecule has 0 saturated carbocycles. The molecule has 0 radical (unpaired) electrons. The van der Waals surface area contributed by atoms with Crippen molar-refractivity contribution >= 4 is 28.2 Å². The standard InChI is InChI=1S/C28H24N4O3S/c1-15-16(2)31-25(30-15)19-8-10-20(11-9-19)28(34)35-17(3)26(33)32-27-23(14-29)22-13-12-18-6-4-5-7-21(18)24(22)36-27/h4-11,17H,12-13H2,1-3H3,(H,30,31)(H,32,33). The summed E-state index contributed by atoms with van der Waals surface area (Å²) < 4.78 is 5.42. The molecule has 1 aliphatic rings. The molecule has 0 aliphatic heterocycles. The minimum atomic E-state index is -1.04. The summed E-state index contributed by atoms with van der Waals surface area (Å²) in [6, 6.07) is 17.2. The predicted octanol–water partition coefficient (Wildman–Crippen LogP) is 5.58. The molecule has 2 heterocycles. The van der Waals surface area contributed by atoms with Crippen LogP contribution in [0.5, 0.6) is 0 Å². The Morgan fingerprint density at radius 3 is 2.58 bits per heavy atom. The molecule has 0 spiro atoms. The first-order valence-electron chi connectivity index (χ1n) is 11.6. The van der Waals surface area contributed by atoms with Gasteiger partial charge in [-0.25, -0.2) is 9.78 Å². The van der Waals surface area contributed by atoms with Crippen LogP contribution in [-0.4, -0.2) is 27.9 Å². The molecule has 2 aromatic heterocycles. The zero-order chi connectivity index (χ0) is 25.4. The van der Waals surface area contributed by atoms with Gasteiger partial charge in [-0.1, -0.05) is 36.4 Å². The molecular formula is C28H24N4O3S. The van der Waals surface area contributed by atoms with Crippen molar-refractivity contribution in [2.45, 2.75) is 39.7 Å². The third-order valence-corrected chi connectivity index (χ3v) is 7.62. The van der Waals surface area contributed by atoms with Crippen LogP contribution in [0.15, 0.2) is 48.5 Å². The van der Waals surface area contributed by atoms with Crippen LogP contribution in [0.4, 0.5) is 5.00 Å². The summed E-state index contributed by atoms with van der Waals surface area (Å²) in [5.41, 5.74) is 6.87. The molecule has 0 bridgehead atoms. The molecule has 1 aliphatic carbocycles. The van der Waals surface area contributed by atoms with Crippen LogP contribution < -0.4 is 5.32 Å². The molecule has 2 N–H and O–H groups in total. The number of fused-ring (bicyclic) bond motifs is 3. The minimum absolute atomic E-state index is 0.333. The molecule has 180 valence electrons. The van der Waals surface area contributed by atoms with Gasteiger partial charge in [0.1, 0.15) is 16.9 Å². The molecule has 36 heavy (non-hydrogen) atoms. The van der Waals surface area contributed by atoms with Crippen molar-refractivity contribution in [3.8, 4) is 27.9 Å². The van der Waals surface area contributed by atoms with Gasteiger partial charge in [-0.15, -0.1) is 11.3 Å². The van der Waals surface area contributed by atoms with Crippen LogP contribution in [-0.2, 0) is 22.4 Å². The Morgan fingerprint density at radius 2 is 1.89 bits per heavy atom. The summed E-state index contributed by atoms with van der Waals surface area (Å²) in [7, 11) is 0. The fourth-order valence-corrected chi connectivity index (χ4v) is 5.55. The number of nitriles is 1. The zero-order valence-corrected chi connectivity index (χ0v) is 21.0. The molecule has 5 rings (SSSR count). The number of amides is 1. The second-order valence-electron chi connectivity index (χ2n) is 8.79. The fraction of sp³-hybridized carbons (Fsp3) is 0.214. The van der Waals surface area contributed by atoms with Gasteiger partial charge in [-0.3, -0.25) is 4.79 Å². The molecule has 0 fully saturated rings. The highest BCUT2D eigenvalue weighted by Crippen LogP contribution is 2.44. The summed E-state index contributed by atoms with van der Waals surface area (Å²) in [6.07, 6.45) is 0.568. The van der Waals surface area contributed by atoms with Crippen molar-refractivity contribution in [1.29, 1.82) is 5.26 Å². The van der Waals surface area contributed by atoms with Crippen molar-refractivity contribution < 1.29 is 14.3 Å². The average Bonchev–Trinajstić information content (AvgIpc) is 3.42. The molecule has 7 nitrogen and oxygen atoms in total. The van der Waals surface area contributed by atoms with Crippen LogP contribution in [0.1, 0.15) is 45.4 Å². The number of ether oxygens (including phenoxy) is 1. The Bertz CT molecular complexity index is 1510. The minimum Gasteiger partial charge on any atom is -0.449 e. The number of hydrogen-bond acceptors (Lipinski definition) is 6. The van der Waals surface area contributed by atoms with Crippen molar-refractivity contribution in [2.24, 2.45) is 0 Å². The normalized spacial score (nSPS) is 12.7. The van der Waals surface area contributed by atoms with Crippen LogP contribution in [0.25, 0.3) is 21.8 Å². The molecule has 2 aromatic carbocycles. The van der Waals surface area contributed by atoms with Crippen LogP contribution in [0.2, 0.25) is 0 Å². The quantitative estimate of drug-likeness (QED) is 0.351. The van der Waals surface area contributed by atoms with E-state index in [-0.39, 0.29) is 0 Å². The molecule has 1 atom stereocenters. The Balaban J connectivity index is 1.28. The lowest BCUT2D eigenvalue weighted by molar-refractivity contribution is -0.123. The first-order chi connectivity index (χ1) is 17.4. The number of esters is 1. The topological polar surface area (TPSA) is 108 Å². The largest absolute Gasteiger partial charge is 0.449 e. The van der Waals surface area contributed by atoms with E-state index in [0.29, 0.717) is 16.1 Å². The van der Waals surface area contributed by atoms with Crippen molar-refractivity contribution in [3.63, 3.8) is 0 Å². The average molecular weight is 497 g/mol. The van der Waals surface area contributed by atoms with Crippen LogP contribution in [0.3, 0.4) is 0 Å². The van der Waals surface area contributed by atoms with Crippen LogP contribution in [0, 0.1) is 25.2 Å². The number of nitrogens with one attached hydrogen (secondary N) is 2. The number of benzene rings is 2. The number of carbonyl (C=O) groups is 2. The smallest absolute Gasteiger partial charge is 0.338 e. The third kappa shape index (κ3) is 4.30. The maximum Gasteiger partial charge on any atom is 0.338 e. The van der Waals surface area contributed by atoms with Crippen molar-refractivity contribution in [2.75, 3.05) is 5.32 Å². The molecule has 0 saturated heterocycles. The summed E-state index contributed by atoms with van der Waals surface area (Å²) in [5, 5.41) is 13.1. The van der Waals surface area contributed by atoms with Gasteiger partial charge in [0.05, 0.1) is 16.8 Å². The summed E-state index contributed by atoms with van der Waals surface area (Å²) >= 11 is 1.39. The van der Waals surface area contributed by atoms with Gasteiger partial charge in [0.25, 0.3) is 5.91 Å². The zero-order valence-electron chi connectivity index (χ0n) is 20.1. The molecule has 1 amide bonds. The van der Waals surface area contributed by atoms with Gasteiger partial charge in [-0.05, 0) is 62.4 Å². The highest BCUT2D eigenvalue weighted by Gasteiger charge is 2.27. The SMILES string of the molecule is Cc1nc(-c2ccc(C(=O)OC(C)C(=O)Nc3sc4c(c3C#N)CCc3ccccc3-4)cc2)[nH]c1C. The summed E-state index contributed by atoms with van der Waals surface area (Å²) in [5.74, 6) is -0.354. The first kappa shape index (κ1) is 23.5. The second kappa shape index (κ2) is 9.44. The van der Waals surface area contributed by atoms with Gasteiger partial charge in [0.2, 0.25) is 0 Å². The Hall–Kier alpha value is -4.22. The van der Waals surface area contributed by atoms with Crippen molar-refractivity contribution in [3.05, 3.63) is 82.2 Å². The summed E-state index contributed by atoms with van der Waals surface area (Å²) in [6.45, 7) is 5.40. The summed E-state index contributed by atoms with van der Waals surface area (Å²) in [4.78, 5) is 34.2. The fourth-order valence-electron chi connectivity index (χ4n) is 4.29. The van der Waals surface area contributed by atoms with E-state index in [9.17, 15) is 14.9 Å². The van der Waals surface area contributed by atoms with E-state index in [1.54, 1.807) is 24.3 Å². The van der Waals surface area contributed by atoms with Crippen molar-refractivity contribution in [1.82, 2.24) is 9.97 Å². The number of anilines is 1. The number of hydrogen-bond donors (Lipinski definition) is 2. The van der Waals surface area contributed by atoms with E-state index in [1.165, 1.54) is 23.8 Å². The second-order valence-corrected chi connectivity index (χ2v) is 9.81. The number of aromatic nitrogens is 2. The first-order valence-corrected chi connectivity index (χ1v) is 12.5. The van der Waals surface area contributed by atoms with Gasteiger partial charge >= 0.3 is 5.97 Å².